The van der Waals surface area contributed by atoms with Gasteiger partial charge in [-0.05, 0) is 5.56 Å². The Morgan fingerprint density at radius 1 is 1.00 bits per heavy atom. The second-order valence-corrected chi connectivity index (χ2v) is 5.09. The van der Waals surface area contributed by atoms with Crippen molar-refractivity contribution < 1.29 is 13.2 Å². The van der Waals surface area contributed by atoms with Gasteiger partial charge < -0.3 is 10.2 Å². The molecule has 1 heterocycles. The van der Waals surface area contributed by atoms with Crippen LogP contribution in [0.2, 0.25) is 0 Å². The van der Waals surface area contributed by atoms with Crippen molar-refractivity contribution >= 4 is 5.69 Å². The summed E-state index contributed by atoms with van der Waals surface area (Å²) < 4.78 is 39.8. The van der Waals surface area contributed by atoms with Crippen LogP contribution in [-0.2, 0) is 0 Å². The van der Waals surface area contributed by atoms with E-state index in [9.17, 15) is 13.2 Å². The maximum absolute atomic E-state index is 13.4. The van der Waals surface area contributed by atoms with Gasteiger partial charge in [0.15, 0.2) is 17.5 Å². The van der Waals surface area contributed by atoms with E-state index in [0.29, 0.717) is 25.3 Å². The van der Waals surface area contributed by atoms with Gasteiger partial charge in [-0.3, -0.25) is 0 Å². The first-order valence-corrected chi connectivity index (χ1v) is 6.83. The maximum atomic E-state index is 13.4. The highest BCUT2D eigenvalue weighted by Gasteiger charge is 2.22. The van der Waals surface area contributed by atoms with E-state index >= 15 is 0 Å². The number of anilines is 1. The molecule has 0 saturated carbocycles. The van der Waals surface area contributed by atoms with Crippen LogP contribution in [0.4, 0.5) is 18.9 Å². The monoisotopic (exact) mass is 292 g/mol. The molecule has 1 saturated heterocycles. The van der Waals surface area contributed by atoms with Crippen LogP contribution < -0.4 is 10.2 Å². The third-order valence-corrected chi connectivity index (χ3v) is 3.71. The third kappa shape index (κ3) is 2.88. The first kappa shape index (κ1) is 13.9. The summed E-state index contributed by atoms with van der Waals surface area (Å²) in [5, 5.41) is 3.37. The molecule has 21 heavy (non-hydrogen) atoms. The van der Waals surface area contributed by atoms with Crippen LogP contribution >= 0.6 is 0 Å². The summed E-state index contributed by atoms with van der Waals surface area (Å²) in [4.78, 5) is 1.86. The van der Waals surface area contributed by atoms with E-state index in [1.54, 1.807) is 0 Å². The predicted octanol–water partition coefficient (Wildman–Crippen LogP) is 3.25. The van der Waals surface area contributed by atoms with E-state index in [4.69, 9.17) is 0 Å². The maximum Gasteiger partial charge on any atom is 0.194 e. The Bertz CT molecular complexity index is 608. The molecule has 1 fully saturated rings. The van der Waals surface area contributed by atoms with Crippen LogP contribution in [0.3, 0.4) is 0 Å². The summed E-state index contributed by atoms with van der Waals surface area (Å²) >= 11 is 0. The van der Waals surface area contributed by atoms with Crippen molar-refractivity contribution in [2.45, 2.75) is 6.04 Å². The molecule has 0 bridgehead atoms. The lowest BCUT2D eigenvalue weighted by molar-refractivity contribution is 0.442. The fraction of sp³-hybridized carbons (Fsp3) is 0.250. The molecule has 3 rings (SSSR count). The molecule has 0 amide bonds. The molecule has 2 nitrogen and oxygen atoms in total. The number of hydrogen-bond acceptors (Lipinski definition) is 2. The van der Waals surface area contributed by atoms with Crippen molar-refractivity contribution in [2.24, 2.45) is 0 Å². The lowest BCUT2D eigenvalue weighted by Crippen LogP contribution is -2.46. The Kier molecular flexibility index (Phi) is 3.84. The number of hydrogen-bond donors (Lipinski definition) is 1. The molecule has 0 spiro atoms. The zero-order chi connectivity index (χ0) is 14.8. The van der Waals surface area contributed by atoms with Gasteiger partial charge in [0.2, 0.25) is 0 Å². The number of piperazine rings is 1. The van der Waals surface area contributed by atoms with Gasteiger partial charge in [-0.25, -0.2) is 13.2 Å². The summed E-state index contributed by atoms with van der Waals surface area (Å²) in [6.45, 7) is 1.89. The van der Waals surface area contributed by atoms with Crippen molar-refractivity contribution in [1.82, 2.24) is 5.32 Å². The molecular weight excluding hydrogens is 277 g/mol. The molecule has 5 heteroatoms. The van der Waals surface area contributed by atoms with E-state index in [1.165, 1.54) is 0 Å². The molecule has 0 aromatic heterocycles. The lowest BCUT2D eigenvalue weighted by atomic mass is 10.0. The van der Waals surface area contributed by atoms with E-state index < -0.39 is 17.5 Å². The highest BCUT2D eigenvalue weighted by atomic mass is 19.2. The third-order valence-electron chi connectivity index (χ3n) is 3.71. The van der Waals surface area contributed by atoms with E-state index in [1.807, 2.05) is 35.2 Å². The topological polar surface area (TPSA) is 15.3 Å². The Hall–Kier alpha value is -2.01. The fourth-order valence-electron chi connectivity index (χ4n) is 2.62. The standard InChI is InChI=1S/C16H15F3N2/c17-13-8-12(9-14(18)16(13)19)21-7-6-20-15(10-21)11-4-2-1-3-5-11/h1-5,8-9,15,20H,6-7,10H2. The summed E-state index contributed by atoms with van der Waals surface area (Å²) in [6, 6.07) is 12.0. The minimum Gasteiger partial charge on any atom is -0.368 e. The summed E-state index contributed by atoms with van der Waals surface area (Å²) in [6.07, 6.45) is 0. The Morgan fingerprint density at radius 2 is 1.67 bits per heavy atom. The van der Waals surface area contributed by atoms with Crippen molar-refractivity contribution in [2.75, 3.05) is 24.5 Å². The van der Waals surface area contributed by atoms with E-state index in [-0.39, 0.29) is 6.04 Å². The molecule has 110 valence electrons. The van der Waals surface area contributed by atoms with Gasteiger partial charge >= 0.3 is 0 Å². The van der Waals surface area contributed by atoms with Crippen molar-refractivity contribution in [3.8, 4) is 0 Å². The Labute approximate surface area is 121 Å². The van der Waals surface area contributed by atoms with Crippen LogP contribution in [0.5, 0.6) is 0 Å². The zero-order valence-electron chi connectivity index (χ0n) is 11.3. The first-order chi connectivity index (χ1) is 10.1. The number of halogens is 3. The molecule has 1 N–H and O–H groups in total. The summed E-state index contributed by atoms with van der Waals surface area (Å²) in [5.41, 5.74) is 1.49. The normalized spacial score (nSPS) is 18.8. The molecule has 1 aliphatic rings. The highest BCUT2D eigenvalue weighted by molar-refractivity contribution is 5.48. The smallest absolute Gasteiger partial charge is 0.194 e. The van der Waals surface area contributed by atoms with Crippen LogP contribution in [0.1, 0.15) is 11.6 Å². The minimum atomic E-state index is -1.42. The molecule has 2 aromatic rings. The number of rotatable bonds is 2. The van der Waals surface area contributed by atoms with Gasteiger partial charge in [0, 0.05) is 43.5 Å². The van der Waals surface area contributed by atoms with Gasteiger partial charge in [0.1, 0.15) is 0 Å². The van der Waals surface area contributed by atoms with Crippen LogP contribution in [0.25, 0.3) is 0 Å². The summed E-state index contributed by atoms with van der Waals surface area (Å²) in [5.74, 6) is -3.73. The van der Waals surface area contributed by atoms with Crippen LogP contribution in [0.15, 0.2) is 42.5 Å². The average molecular weight is 292 g/mol. The van der Waals surface area contributed by atoms with E-state index in [0.717, 1.165) is 17.7 Å². The highest BCUT2D eigenvalue weighted by Crippen LogP contribution is 2.25. The molecule has 1 unspecified atom stereocenters. The van der Waals surface area contributed by atoms with Gasteiger partial charge in [-0.15, -0.1) is 0 Å². The fourth-order valence-corrected chi connectivity index (χ4v) is 2.62. The Balaban J connectivity index is 1.83. The lowest BCUT2D eigenvalue weighted by Gasteiger charge is -2.35. The van der Waals surface area contributed by atoms with Crippen LogP contribution in [-0.4, -0.2) is 19.6 Å². The minimum absolute atomic E-state index is 0.0797. The molecule has 1 aliphatic heterocycles. The second kappa shape index (κ2) is 5.77. The Morgan fingerprint density at radius 3 is 2.33 bits per heavy atom. The molecule has 1 atom stereocenters. The number of benzene rings is 2. The van der Waals surface area contributed by atoms with Gasteiger partial charge in [-0.2, -0.15) is 0 Å². The first-order valence-electron chi connectivity index (χ1n) is 6.83. The van der Waals surface area contributed by atoms with Gasteiger partial charge in [0.25, 0.3) is 0 Å². The average Bonchev–Trinajstić information content (AvgIpc) is 2.53. The quantitative estimate of drug-likeness (QED) is 0.855. The van der Waals surface area contributed by atoms with Crippen molar-refractivity contribution in [3.63, 3.8) is 0 Å². The van der Waals surface area contributed by atoms with Gasteiger partial charge in [-0.1, -0.05) is 30.3 Å². The van der Waals surface area contributed by atoms with Crippen molar-refractivity contribution in [3.05, 3.63) is 65.5 Å². The number of nitrogens with zero attached hydrogens (tertiary/aromatic N) is 1. The van der Waals surface area contributed by atoms with Gasteiger partial charge in [0.05, 0.1) is 0 Å². The second-order valence-electron chi connectivity index (χ2n) is 5.09. The van der Waals surface area contributed by atoms with E-state index in [2.05, 4.69) is 5.32 Å². The largest absolute Gasteiger partial charge is 0.368 e. The molecule has 0 radical (unpaired) electrons. The van der Waals surface area contributed by atoms with Crippen molar-refractivity contribution in [1.29, 1.82) is 0 Å². The zero-order valence-corrected chi connectivity index (χ0v) is 11.3. The molecular formula is C16H15F3N2. The summed E-state index contributed by atoms with van der Waals surface area (Å²) in [7, 11) is 0. The SMILES string of the molecule is Fc1cc(N2CCNC(c3ccccc3)C2)cc(F)c1F. The van der Waals surface area contributed by atoms with Crippen LogP contribution in [0, 0.1) is 17.5 Å². The number of nitrogens with one attached hydrogen (secondary N) is 1. The molecule has 0 aliphatic carbocycles. The predicted molar refractivity (Wildman–Crippen MR) is 75.7 cm³/mol. The molecule has 2 aromatic carbocycles.